The summed E-state index contributed by atoms with van der Waals surface area (Å²) in [6, 6.07) is 10.8. The summed E-state index contributed by atoms with van der Waals surface area (Å²) in [5, 5.41) is 6.33. The predicted octanol–water partition coefficient (Wildman–Crippen LogP) is 3.21. The molecule has 0 aliphatic rings. The molecule has 0 amide bonds. The molecule has 19 heavy (non-hydrogen) atoms. The summed E-state index contributed by atoms with van der Waals surface area (Å²) < 4.78 is 0. The second-order valence-electron chi connectivity index (χ2n) is 3.63. The zero-order chi connectivity index (χ0) is 12.1. The third-order valence-electron chi connectivity index (χ3n) is 2.32. The van der Waals surface area contributed by atoms with E-state index < -0.39 is 0 Å². The van der Waals surface area contributed by atoms with E-state index in [9.17, 15) is 0 Å². The first-order valence-electron chi connectivity index (χ1n) is 5.61. The molecule has 1 aromatic carbocycles. The fourth-order valence-electron chi connectivity index (χ4n) is 1.47. The van der Waals surface area contributed by atoms with Gasteiger partial charge in [-0.1, -0.05) is 12.6 Å². The first-order valence-corrected chi connectivity index (χ1v) is 5.61. The van der Waals surface area contributed by atoms with E-state index in [1.165, 1.54) is 0 Å². The molecule has 0 radical (unpaired) electrons. The summed E-state index contributed by atoms with van der Waals surface area (Å²) in [4.78, 5) is 8.47. The van der Waals surface area contributed by atoms with E-state index in [2.05, 4.69) is 26.7 Å². The van der Waals surface area contributed by atoms with Crippen LogP contribution in [-0.4, -0.2) is 16.5 Å². The van der Waals surface area contributed by atoms with Gasteiger partial charge in [0.2, 0.25) is 5.95 Å². The molecule has 4 nitrogen and oxygen atoms in total. The number of aryl methyl sites for hydroxylation is 1. The molecule has 98 valence electrons. The SMILES string of the molecule is CCNc1nccc(Nc2ccc[c-]c2C)n1.[CH3-].[U+2]. The second-order valence-corrected chi connectivity index (χ2v) is 3.63. The molecule has 0 spiro atoms. The van der Waals surface area contributed by atoms with Gasteiger partial charge in [-0.25, -0.2) is 4.98 Å². The maximum atomic E-state index is 4.35. The zero-order valence-corrected chi connectivity index (χ0v) is 15.7. The zero-order valence-electron chi connectivity index (χ0n) is 11.5. The van der Waals surface area contributed by atoms with Crippen LogP contribution < -0.4 is 10.6 Å². The Morgan fingerprint density at radius 3 is 2.79 bits per heavy atom. The number of anilines is 3. The standard InChI is InChI=1S/C13H15N4.CH3.U/c1-3-14-13-15-9-8-12(17-13)16-11-7-5-4-6-10(11)2;;/h4-5,7-9H,3H2,1-2H3,(H2,14,15,16,17);1H3;/q2*-1;+2. The molecular formula is C14H18N4U. The molecule has 0 unspecified atom stereocenters. The van der Waals surface area contributed by atoms with Gasteiger partial charge in [-0.3, -0.25) is 0 Å². The average Bonchev–Trinajstić information content (AvgIpc) is 2.33. The van der Waals surface area contributed by atoms with Crippen molar-refractivity contribution in [3.63, 3.8) is 0 Å². The van der Waals surface area contributed by atoms with Gasteiger partial charge in [-0.2, -0.15) is 23.2 Å². The number of nitrogens with one attached hydrogen (secondary N) is 2. The van der Waals surface area contributed by atoms with E-state index in [-0.39, 0.29) is 38.5 Å². The van der Waals surface area contributed by atoms with Crippen LogP contribution in [0.4, 0.5) is 17.5 Å². The van der Waals surface area contributed by atoms with Gasteiger partial charge >= 0.3 is 31.1 Å². The molecule has 0 aliphatic carbocycles. The van der Waals surface area contributed by atoms with Crippen molar-refractivity contribution < 1.29 is 31.1 Å². The summed E-state index contributed by atoms with van der Waals surface area (Å²) in [5.74, 6) is 1.41. The minimum absolute atomic E-state index is 0. The Hall–Kier alpha value is -1.05. The van der Waals surface area contributed by atoms with Gasteiger partial charge in [0, 0.05) is 12.7 Å². The molecule has 2 aromatic rings. The van der Waals surface area contributed by atoms with Gasteiger partial charge in [0.15, 0.2) is 0 Å². The van der Waals surface area contributed by atoms with Gasteiger partial charge in [0.05, 0.1) is 0 Å². The van der Waals surface area contributed by atoms with E-state index in [1.807, 2.05) is 38.1 Å². The van der Waals surface area contributed by atoms with Crippen LogP contribution in [0.5, 0.6) is 0 Å². The van der Waals surface area contributed by atoms with Crippen LogP contribution in [-0.2, 0) is 0 Å². The van der Waals surface area contributed by atoms with Crippen LogP contribution in [0.3, 0.4) is 0 Å². The molecule has 1 heterocycles. The summed E-state index contributed by atoms with van der Waals surface area (Å²) >= 11 is 0. The fraction of sp³-hybridized carbons (Fsp3) is 0.214. The van der Waals surface area contributed by atoms with E-state index in [0.29, 0.717) is 5.95 Å². The molecule has 0 aliphatic heterocycles. The van der Waals surface area contributed by atoms with Crippen molar-refractivity contribution in [3.05, 3.63) is 49.5 Å². The number of nitrogens with zero attached hydrogens (tertiary/aromatic N) is 2. The quantitative estimate of drug-likeness (QED) is 0.661. The molecule has 0 fully saturated rings. The maximum absolute atomic E-state index is 4.35. The Bertz CT molecular complexity index is 502. The van der Waals surface area contributed by atoms with Crippen molar-refractivity contribution in [1.29, 1.82) is 0 Å². The summed E-state index contributed by atoms with van der Waals surface area (Å²) in [6.45, 7) is 4.83. The minimum atomic E-state index is 0. The Kier molecular flexibility index (Phi) is 8.46. The monoisotopic (exact) mass is 480 g/mol. The number of aromatic nitrogens is 2. The molecule has 0 saturated heterocycles. The molecule has 0 atom stereocenters. The van der Waals surface area contributed by atoms with E-state index in [1.54, 1.807) is 6.20 Å². The molecule has 2 N–H and O–H groups in total. The number of hydrogen-bond donors (Lipinski definition) is 2. The number of benzene rings is 1. The van der Waals surface area contributed by atoms with Crippen molar-refractivity contribution in [2.75, 3.05) is 17.2 Å². The van der Waals surface area contributed by atoms with Crippen molar-refractivity contribution in [3.8, 4) is 0 Å². The average molecular weight is 480 g/mol. The van der Waals surface area contributed by atoms with E-state index in [4.69, 9.17) is 0 Å². The Balaban J connectivity index is 0.00000162. The minimum Gasteiger partial charge on any atom is -0.393 e. The first-order chi connectivity index (χ1) is 8.29. The van der Waals surface area contributed by atoms with E-state index >= 15 is 0 Å². The molecule has 5 heteroatoms. The third-order valence-corrected chi connectivity index (χ3v) is 2.32. The van der Waals surface area contributed by atoms with Gasteiger partial charge in [-0.15, -0.1) is 11.6 Å². The molecular weight excluding hydrogens is 462 g/mol. The number of rotatable bonds is 4. The summed E-state index contributed by atoms with van der Waals surface area (Å²) in [7, 11) is 0. The van der Waals surface area contributed by atoms with Crippen LogP contribution in [0.15, 0.2) is 30.5 Å². The van der Waals surface area contributed by atoms with E-state index in [0.717, 1.165) is 23.6 Å². The molecule has 0 bridgehead atoms. The first kappa shape index (κ1) is 18.0. The summed E-state index contributed by atoms with van der Waals surface area (Å²) in [5.41, 5.74) is 2.07. The van der Waals surface area contributed by atoms with Crippen LogP contribution in [0.2, 0.25) is 0 Å². The van der Waals surface area contributed by atoms with Crippen LogP contribution in [0.25, 0.3) is 0 Å². The molecule has 1 aromatic heterocycles. The van der Waals surface area contributed by atoms with Crippen LogP contribution in [0, 0.1) is 51.5 Å². The third kappa shape index (κ3) is 5.22. The van der Waals surface area contributed by atoms with Crippen molar-refractivity contribution in [2.24, 2.45) is 0 Å². The van der Waals surface area contributed by atoms with Crippen molar-refractivity contribution >= 4 is 17.5 Å². The Morgan fingerprint density at radius 1 is 1.32 bits per heavy atom. The maximum Gasteiger partial charge on any atom is 2.00 e. The largest absolute Gasteiger partial charge is 2.00 e. The molecule has 0 saturated carbocycles. The summed E-state index contributed by atoms with van der Waals surface area (Å²) in [6.07, 6.45) is 1.73. The normalized spacial score (nSPS) is 8.95. The molecule has 2 rings (SSSR count). The fourth-order valence-corrected chi connectivity index (χ4v) is 1.47. The van der Waals surface area contributed by atoms with Gasteiger partial charge in [-0.05, 0) is 13.0 Å². The Morgan fingerprint density at radius 2 is 2.11 bits per heavy atom. The van der Waals surface area contributed by atoms with Crippen molar-refractivity contribution in [2.45, 2.75) is 13.8 Å². The van der Waals surface area contributed by atoms with Gasteiger partial charge in [0.25, 0.3) is 0 Å². The topological polar surface area (TPSA) is 49.8 Å². The van der Waals surface area contributed by atoms with Crippen LogP contribution >= 0.6 is 0 Å². The number of hydrogen-bond acceptors (Lipinski definition) is 4. The predicted molar refractivity (Wildman–Crippen MR) is 75.9 cm³/mol. The second kappa shape index (κ2) is 8.95. The van der Waals surface area contributed by atoms with Crippen LogP contribution in [0.1, 0.15) is 12.5 Å². The van der Waals surface area contributed by atoms with Gasteiger partial charge < -0.3 is 18.1 Å². The van der Waals surface area contributed by atoms with Gasteiger partial charge in [0.1, 0.15) is 5.82 Å². The Labute approximate surface area is 138 Å². The van der Waals surface area contributed by atoms with Crippen molar-refractivity contribution in [1.82, 2.24) is 9.97 Å². The smallest absolute Gasteiger partial charge is 0.393 e.